The normalized spacial score (nSPS) is 11.1. The Hall–Kier alpha value is -0.610. The Balaban J connectivity index is 2.58. The minimum atomic E-state index is -0.0167. The monoisotopic (exact) mass is 317 g/mol. The number of rotatable bonds is 9. The van der Waals surface area contributed by atoms with Gasteiger partial charge in [0.1, 0.15) is 0 Å². The van der Waals surface area contributed by atoms with E-state index in [-0.39, 0.29) is 12.4 Å². The Labute approximate surface area is 130 Å². The van der Waals surface area contributed by atoms with Crippen molar-refractivity contribution in [1.29, 1.82) is 0 Å². The average Bonchev–Trinajstić information content (AvgIpc) is 2.44. The number of benzene rings is 1. The number of carbonyl (C=O) groups excluding carboxylic acids is 1. The Morgan fingerprint density at radius 2 is 2.00 bits per heavy atom. The Kier molecular flexibility index (Phi) is 8.15. The van der Waals surface area contributed by atoms with E-state index in [1.54, 1.807) is 18.2 Å². The number of hydrogen-bond acceptors (Lipinski definition) is 3. The Morgan fingerprint density at radius 1 is 1.25 bits per heavy atom. The third-order valence-corrected chi connectivity index (χ3v) is 3.97. The standard InChI is InChI=1S/C15H21Cl2NO2/c1-2-3-8-18(10-11-19)9-7-14(20)12-5-4-6-13(16)15(12)17/h4-6,19H,2-3,7-11H2,1H3. The number of carbonyl (C=O) groups is 1. The van der Waals surface area contributed by atoms with Crippen molar-refractivity contribution in [3.05, 3.63) is 33.8 Å². The first kappa shape index (κ1) is 17.4. The largest absolute Gasteiger partial charge is 0.395 e. The molecular weight excluding hydrogens is 297 g/mol. The molecule has 0 heterocycles. The Morgan fingerprint density at radius 3 is 2.65 bits per heavy atom. The van der Waals surface area contributed by atoms with E-state index in [0.717, 1.165) is 19.4 Å². The maximum atomic E-state index is 12.2. The van der Waals surface area contributed by atoms with E-state index in [4.69, 9.17) is 28.3 Å². The van der Waals surface area contributed by atoms with Gasteiger partial charge in [-0.15, -0.1) is 0 Å². The number of halogens is 2. The summed E-state index contributed by atoms with van der Waals surface area (Å²) in [7, 11) is 0. The fourth-order valence-electron chi connectivity index (χ4n) is 1.97. The number of ketones is 1. The van der Waals surface area contributed by atoms with Crippen LogP contribution in [-0.2, 0) is 0 Å². The minimum absolute atomic E-state index is 0.0167. The summed E-state index contributed by atoms with van der Waals surface area (Å²) in [5.74, 6) is -0.0167. The molecule has 0 atom stereocenters. The molecule has 0 aliphatic carbocycles. The number of aliphatic hydroxyl groups is 1. The summed E-state index contributed by atoms with van der Waals surface area (Å²) in [6.07, 6.45) is 2.53. The summed E-state index contributed by atoms with van der Waals surface area (Å²) in [4.78, 5) is 14.3. The van der Waals surface area contributed by atoms with Crippen molar-refractivity contribution in [2.75, 3.05) is 26.2 Å². The van der Waals surface area contributed by atoms with E-state index in [2.05, 4.69) is 11.8 Å². The van der Waals surface area contributed by atoms with Gasteiger partial charge in [-0.05, 0) is 25.1 Å². The molecule has 0 spiro atoms. The van der Waals surface area contributed by atoms with Crippen LogP contribution in [0.1, 0.15) is 36.5 Å². The number of unbranched alkanes of at least 4 members (excludes halogenated alkanes) is 1. The molecular formula is C15H21Cl2NO2. The highest BCUT2D eigenvalue weighted by molar-refractivity contribution is 6.43. The van der Waals surface area contributed by atoms with Gasteiger partial charge in [0.15, 0.2) is 5.78 Å². The van der Waals surface area contributed by atoms with Crippen molar-refractivity contribution >= 4 is 29.0 Å². The number of aliphatic hydroxyl groups excluding tert-OH is 1. The van der Waals surface area contributed by atoms with Gasteiger partial charge < -0.3 is 10.0 Å². The molecule has 20 heavy (non-hydrogen) atoms. The van der Waals surface area contributed by atoms with E-state index in [1.165, 1.54) is 0 Å². The molecule has 0 aliphatic rings. The highest BCUT2D eigenvalue weighted by atomic mass is 35.5. The highest BCUT2D eigenvalue weighted by Gasteiger charge is 2.14. The van der Waals surface area contributed by atoms with Crippen LogP contribution in [0.15, 0.2) is 18.2 Å². The molecule has 0 aromatic heterocycles. The second kappa shape index (κ2) is 9.35. The molecule has 0 bridgehead atoms. The number of hydrogen-bond donors (Lipinski definition) is 1. The van der Waals surface area contributed by atoms with E-state index in [1.807, 2.05) is 0 Å². The van der Waals surface area contributed by atoms with Gasteiger partial charge >= 0.3 is 0 Å². The fraction of sp³-hybridized carbons (Fsp3) is 0.533. The van der Waals surface area contributed by atoms with Gasteiger partial charge in [-0.2, -0.15) is 0 Å². The first-order valence-electron chi connectivity index (χ1n) is 6.90. The highest BCUT2D eigenvalue weighted by Crippen LogP contribution is 2.26. The molecule has 0 unspecified atom stereocenters. The fourth-order valence-corrected chi connectivity index (χ4v) is 2.38. The van der Waals surface area contributed by atoms with Crippen molar-refractivity contribution in [2.24, 2.45) is 0 Å². The van der Waals surface area contributed by atoms with Gasteiger partial charge in [0.25, 0.3) is 0 Å². The van der Waals surface area contributed by atoms with Gasteiger partial charge in [-0.3, -0.25) is 4.79 Å². The summed E-state index contributed by atoms with van der Waals surface area (Å²) in [6.45, 7) is 4.34. The zero-order valence-electron chi connectivity index (χ0n) is 11.7. The lowest BCUT2D eigenvalue weighted by atomic mass is 10.1. The SMILES string of the molecule is CCCCN(CCO)CCC(=O)c1cccc(Cl)c1Cl. The van der Waals surface area contributed by atoms with Crippen LogP contribution in [0.3, 0.4) is 0 Å². The third kappa shape index (κ3) is 5.41. The lowest BCUT2D eigenvalue weighted by Gasteiger charge is -2.20. The van der Waals surface area contributed by atoms with Crippen LogP contribution in [-0.4, -0.2) is 42.0 Å². The van der Waals surface area contributed by atoms with Crippen molar-refractivity contribution in [3.63, 3.8) is 0 Å². The maximum absolute atomic E-state index is 12.2. The second-order valence-electron chi connectivity index (χ2n) is 4.69. The van der Waals surface area contributed by atoms with E-state index in [0.29, 0.717) is 35.1 Å². The molecule has 1 aromatic carbocycles. The van der Waals surface area contributed by atoms with Gasteiger partial charge in [0.2, 0.25) is 0 Å². The lowest BCUT2D eigenvalue weighted by Crippen LogP contribution is -2.30. The van der Waals surface area contributed by atoms with E-state index in [9.17, 15) is 4.79 Å². The molecule has 0 radical (unpaired) electrons. The molecule has 1 N–H and O–H groups in total. The smallest absolute Gasteiger partial charge is 0.165 e. The van der Waals surface area contributed by atoms with Gasteiger partial charge in [-0.1, -0.05) is 42.6 Å². The molecule has 3 nitrogen and oxygen atoms in total. The summed E-state index contributed by atoms with van der Waals surface area (Å²) in [5.41, 5.74) is 0.471. The van der Waals surface area contributed by atoms with Gasteiger partial charge in [0, 0.05) is 25.1 Å². The van der Waals surface area contributed by atoms with Crippen LogP contribution in [0, 0.1) is 0 Å². The summed E-state index contributed by atoms with van der Waals surface area (Å²) < 4.78 is 0. The molecule has 0 saturated heterocycles. The van der Waals surface area contributed by atoms with E-state index >= 15 is 0 Å². The summed E-state index contributed by atoms with van der Waals surface area (Å²) in [6, 6.07) is 5.09. The third-order valence-electron chi connectivity index (χ3n) is 3.15. The quantitative estimate of drug-likeness (QED) is 0.706. The molecule has 0 amide bonds. The molecule has 0 fully saturated rings. The zero-order valence-corrected chi connectivity index (χ0v) is 13.3. The van der Waals surface area contributed by atoms with Crippen LogP contribution >= 0.6 is 23.2 Å². The number of nitrogens with zero attached hydrogens (tertiary/aromatic N) is 1. The maximum Gasteiger partial charge on any atom is 0.165 e. The van der Waals surface area contributed by atoms with Crippen molar-refractivity contribution in [1.82, 2.24) is 4.90 Å². The second-order valence-corrected chi connectivity index (χ2v) is 5.48. The van der Waals surface area contributed by atoms with Crippen LogP contribution in [0.5, 0.6) is 0 Å². The summed E-state index contributed by atoms with van der Waals surface area (Å²) in [5, 5.41) is 9.75. The molecule has 1 aromatic rings. The van der Waals surface area contributed by atoms with Crippen molar-refractivity contribution in [2.45, 2.75) is 26.2 Å². The van der Waals surface area contributed by atoms with Crippen molar-refractivity contribution < 1.29 is 9.90 Å². The van der Waals surface area contributed by atoms with Crippen LogP contribution in [0.25, 0.3) is 0 Å². The predicted octanol–water partition coefficient (Wildman–Crippen LogP) is 3.66. The van der Waals surface area contributed by atoms with Gasteiger partial charge in [0.05, 0.1) is 16.7 Å². The van der Waals surface area contributed by atoms with Crippen LogP contribution in [0.2, 0.25) is 10.0 Å². The molecule has 5 heteroatoms. The number of Topliss-reactive ketones (excluding diaryl/α,β-unsaturated/α-hetero) is 1. The molecule has 112 valence electrons. The van der Waals surface area contributed by atoms with Crippen molar-refractivity contribution in [3.8, 4) is 0 Å². The summed E-state index contributed by atoms with van der Waals surface area (Å²) >= 11 is 12.0. The lowest BCUT2D eigenvalue weighted by molar-refractivity contribution is 0.0957. The van der Waals surface area contributed by atoms with E-state index < -0.39 is 0 Å². The first-order chi connectivity index (χ1) is 9.60. The van der Waals surface area contributed by atoms with Crippen LogP contribution in [0.4, 0.5) is 0 Å². The minimum Gasteiger partial charge on any atom is -0.395 e. The predicted molar refractivity (Wildman–Crippen MR) is 83.8 cm³/mol. The first-order valence-corrected chi connectivity index (χ1v) is 7.66. The molecule has 1 rings (SSSR count). The Bertz CT molecular complexity index is 438. The topological polar surface area (TPSA) is 40.5 Å². The molecule has 0 aliphatic heterocycles. The van der Waals surface area contributed by atoms with Crippen LogP contribution < -0.4 is 0 Å². The van der Waals surface area contributed by atoms with Gasteiger partial charge in [-0.25, -0.2) is 0 Å². The molecule has 0 saturated carbocycles. The average molecular weight is 318 g/mol. The zero-order chi connectivity index (χ0) is 15.0.